The predicted octanol–water partition coefficient (Wildman–Crippen LogP) is 2.54. The third kappa shape index (κ3) is 5.62. The van der Waals surface area contributed by atoms with Crippen LogP contribution in [-0.4, -0.2) is 57.0 Å². The molecule has 0 unspecified atom stereocenters. The number of amides is 2. The molecule has 1 heterocycles. The first-order chi connectivity index (χ1) is 12.7. The Kier molecular flexibility index (Phi) is 7.11. The molecule has 3 N–H and O–H groups in total. The molecule has 0 atom stereocenters. The van der Waals surface area contributed by atoms with Crippen LogP contribution in [-0.2, 0) is 11.3 Å². The second kappa shape index (κ2) is 9.12. The monoisotopic (exact) mass is 387 g/mol. The van der Waals surface area contributed by atoms with Gasteiger partial charge in [0.05, 0.1) is 18.4 Å². The number of hydrogen-bond acceptors (Lipinski definition) is 4. The summed E-state index contributed by atoms with van der Waals surface area (Å²) in [5.41, 5.74) is -0.302. The highest BCUT2D eigenvalue weighted by Gasteiger charge is 2.35. The fraction of sp³-hybridized carbons (Fsp3) is 0.706. The van der Waals surface area contributed by atoms with Gasteiger partial charge in [-0.2, -0.15) is 5.10 Å². The van der Waals surface area contributed by atoms with Crippen molar-refractivity contribution in [3.8, 4) is 0 Å². The Balaban J connectivity index is 1.88. The lowest BCUT2D eigenvalue weighted by atomic mass is 9.85. The van der Waals surface area contributed by atoms with Crippen LogP contribution in [0.2, 0.25) is 0 Å². The zero-order valence-corrected chi connectivity index (χ0v) is 15.8. The van der Waals surface area contributed by atoms with E-state index in [4.69, 9.17) is 5.11 Å². The summed E-state index contributed by atoms with van der Waals surface area (Å²) in [6.45, 7) is 6.59. The maximum Gasteiger partial charge on any atom is 0.319 e. The summed E-state index contributed by atoms with van der Waals surface area (Å²) in [5.74, 6) is -0.743. The second-order valence-electron chi connectivity index (χ2n) is 7.20. The summed E-state index contributed by atoms with van der Waals surface area (Å²) in [4.78, 5) is 24.8. The van der Waals surface area contributed by atoms with Crippen molar-refractivity contribution in [2.75, 3.05) is 18.4 Å². The highest BCUT2D eigenvalue weighted by Crippen LogP contribution is 2.28. The summed E-state index contributed by atoms with van der Waals surface area (Å²) in [5, 5.41) is 18.0. The number of likely N-dealkylation sites (N-methyl/N-ethyl adjacent to an activating group) is 1. The molecule has 0 aliphatic heterocycles. The van der Waals surface area contributed by atoms with Crippen LogP contribution in [0.1, 0.15) is 45.7 Å². The number of carbonyl (C=O) groups is 2. The standard InChI is InChI=1S/C17H27F2N5O3/c1-4-23(9-14(25)26)12-5-11(6-12)21-17(27)22-13-7-20-24(8-10(2)3)15(13)16(18)19/h7,10-12,16H,4-6,8-9H2,1-3H3,(H,25,26)(H2,21,22,27). The van der Waals surface area contributed by atoms with Gasteiger partial charge in [-0.15, -0.1) is 0 Å². The Morgan fingerprint density at radius 1 is 1.41 bits per heavy atom. The zero-order valence-electron chi connectivity index (χ0n) is 15.8. The number of rotatable bonds is 9. The number of carbonyl (C=O) groups excluding carboxylic acids is 1. The number of alkyl halides is 2. The van der Waals surface area contributed by atoms with E-state index in [9.17, 15) is 18.4 Å². The lowest BCUT2D eigenvalue weighted by molar-refractivity contribution is -0.139. The van der Waals surface area contributed by atoms with E-state index in [2.05, 4.69) is 15.7 Å². The van der Waals surface area contributed by atoms with Crippen LogP contribution in [0.15, 0.2) is 6.20 Å². The maximum atomic E-state index is 13.4. The lowest BCUT2D eigenvalue weighted by Crippen LogP contribution is -2.55. The molecule has 10 heteroatoms. The molecule has 27 heavy (non-hydrogen) atoms. The van der Waals surface area contributed by atoms with E-state index in [0.717, 1.165) is 0 Å². The Labute approximate surface area is 156 Å². The molecule has 2 rings (SSSR count). The van der Waals surface area contributed by atoms with Gasteiger partial charge in [-0.1, -0.05) is 20.8 Å². The van der Waals surface area contributed by atoms with Gasteiger partial charge in [0.15, 0.2) is 0 Å². The number of urea groups is 1. The van der Waals surface area contributed by atoms with Gasteiger partial charge in [-0.3, -0.25) is 14.4 Å². The Morgan fingerprint density at radius 2 is 2.07 bits per heavy atom. The summed E-state index contributed by atoms with van der Waals surface area (Å²) >= 11 is 0. The SMILES string of the molecule is CCN(CC(=O)O)C1CC(NC(=O)Nc2cnn(CC(C)C)c2C(F)F)C1. The van der Waals surface area contributed by atoms with Crippen LogP contribution >= 0.6 is 0 Å². The van der Waals surface area contributed by atoms with E-state index in [1.54, 1.807) is 0 Å². The summed E-state index contributed by atoms with van der Waals surface area (Å²) < 4.78 is 27.9. The molecule has 0 radical (unpaired) electrons. The quantitative estimate of drug-likeness (QED) is 0.605. The number of halogens is 2. The van der Waals surface area contributed by atoms with Crippen LogP contribution in [0.25, 0.3) is 0 Å². The molecule has 1 aromatic heterocycles. The number of anilines is 1. The van der Waals surface area contributed by atoms with Crippen LogP contribution in [0.3, 0.4) is 0 Å². The van der Waals surface area contributed by atoms with Gasteiger partial charge in [-0.05, 0) is 25.3 Å². The van der Waals surface area contributed by atoms with E-state index in [0.29, 0.717) is 25.9 Å². The molecule has 8 nitrogen and oxygen atoms in total. The second-order valence-corrected chi connectivity index (χ2v) is 7.20. The molecule has 1 aromatic rings. The number of carboxylic acids is 1. The fourth-order valence-electron chi connectivity index (χ4n) is 3.23. The zero-order chi connectivity index (χ0) is 20.1. The van der Waals surface area contributed by atoms with Gasteiger partial charge in [-0.25, -0.2) is 13.6 Å². The number of aliphatic carboxylic acids is 1. The Morgan fingerprint density at radius 3 is 2.59 bits per heavy atom. The van der Waals surface area contributed by atoms with Crippen LogP contribution < -0.4 is 10.6 Å². The number of nitrogens with zero attached hydrogens (tertiary/aromatic N) is 3. The minimum Gasteiger partial charge on any atom is -0.480 e. The van der Waals surface area contributed by atoms with Gasteiger partial charge < -0.3 is 15.7 Å². The predicted molar refractivity (Wildman–Crippen MR) is 95.9 cm³/mol. The van der Waals surface area contributed by atoms with E-state index in [1.807, 2.05) is 25.7 Å². The molecular weight excluding hydrogens is 360 g/mol. The summed E-state index contributed by atoms with van der Waals surface area (Å²) in [6.07, 6.45) is -0.256. The lowest BCUT2D eigenvalue weighted by Gasteiger charge is -2.42. The van der Waals surface area contributed by atoms with Crippen molar-refractivity contribution in [2.24, 2.45) is 5.92 Å². The summed E-state index contributed by atoms with van der Waals surface area (Å²) in [6, 6.07) is -0.578. The molecule has 0 spiro atoms. The van der Waals surface area contributed by atoms with E-state index < -0.39 is 18.4 Å². The number of carboxylic acid groups (broad SMARTS) is 1. The third-order valence-electron chi connectivity index (χ3n) is 4.58. The minimum absolute atomic E-state index is 0.0000791. The van der Waals surface area contributed by atoms with Crippen LogP contribution in [0.5, 0.6) is 0 Å². The minimum atomic E-state index is -2.75. The summed E-state index contributed by atoms with van der Waals surface area (Å²) in [7, 11) is 0. The van der Waals surface area contributed by atoms with Gasteiger partial charge in [0.1, 0.15) is 5.69 Å². The first-order valence-electron chi connectivity index (χ1n) is 9.08. The van der Waals surface area contributed by atoms with Gasteiger partial charge in [0.2, 0.25) is 0 Å². The highest BCUT2D eigenvalue weighted by molar-refractivity contribution is 5.90. The molecule has 1 aliphatic rings. The molecule has 0 aromatic carbocycles. The normalized spacial score (nSPS) is 19.4. The van der Waals surface area contributed by atoms with Crippen molar-refractivity contribution in [3.05, 3.63) is 11.9 Å². The third-order valence-corrected chi connectivity index (χ3v) is 4.58. The van der Waals surface area contributed by atoms with Crippen molar-refractivity contribution in [1.82, 2.24) is 20.0 Å². The first-order valence-corrected chi connectivity index (χ1v) is 9.08. The average molecular weight is 387 g/mol. The molecule has 2 amide bonds. The van der Waals surface area contributed by atoms with Gasteiger partial charge in [0, 0.05) is 18.6 Å². The average Bonchev–Trinajstić information content (AvgIpc) is 2.89. The van der Waals surface area contributed by atoms with Crippen molar-refractivity contribution in [2.45, 2.75) is 58.7 Å². The Bertz CT molecular complexity index is 659. The van der Waals surface area contributed by atoms with E-state index >= 15 is 0 Å². The molecule has 152 valence electrons. The molecule has 0 saturated heterocycles. The Hall–Kier alpha value is -2.23. The van der Waals surface area contributed by atoms with Crippen LogP contribution in [0.4, 0.5) is 19.3 Å². The van der Waals surface area contributed by atoms with Gasteiger partial charge in [0.25, 0.3) is 6.43 Å². The van der Waals surface area contributed by atoms with E-state index in [-0.39, 0.29) is 35.9 Å². The number of hydrogen-bond donors (Lipinski definition) is 3. The molecule has 1 fully saturated rings. The number of aromatic nitrogens is 2. The topological polar surface area (TPSA) is 99.5 Å². The van der Waals surface area contributed by atoms with Crippen LogP contribution in [0, 0.1) is 5.92 Å². The van der Waals surface area contributed by atoms with Crippen molar-refractivity contribution >= 4 is 17.7 Å². The van der Waals surface area contributed by atoms with E-state index in [1.165, 1.54) is 10.9 Å². The first kappa shape index (κ1) is 21.1. The molecule has 1 saturated carbocycles. The van der Waals surface area contributed by atoms with Gasteiger partial charge >= 0.3 is 12.0 Å². The molecule has 1 aliphatic carbocycles. The van der Waals surface area contributed by atoms with Crippen molar-refractivity contribution in [3.63, 3.8) is 0 Å². The van der Waals surface area contributed by atoms with Crippen molar-refractivity contribution in [1.29, 1.82) is 0 Å². The fourth-order valence-corrected chi connectivity index (χ4v) is 3.23. The maximum absolute atomic E-state index is 13.4. The van der Waals surface area contributed by atoms with Crippen molar-refractivity contribution < 1.29 is 23.5 Å². The highest BCUT2D eigenvalue weighted by atomic mass is 19.3. The smallest absolute Gasteiger partial charge is 0.319 e. The molecular formula is C17H27F2N5O3. The number of nitrogens with one attached hydrogen (secondary N) is 2. The largest absolute Gasteiger partial charge is 0.480 e. The molecule has 0 bridgehead atoms.